The first-order chi connectivity index (χ1) is 9.11. The average molecular weight is 259 g/mol. The summed E-state index contributed by atoms with van der Waals surface area (Å²) >= 11 is 0. The van der Waals surface area contributed by atoms with Crippen LogP contribution in [-0.2, 0) is 0 Å². The van der Waals surface area contributed by atoms with E-state index in [1.165, 1.54) is 12.4 Å². The highest BCUT2D eigenvalue weighted by Crippen LogP contribution is 2.29. The Labute approximate surface area is 110 Å². The second-order valence-corrected chi connectivity index (χ2v) is 3.96. The minimum absolute atomic E-state index is 0.0577. The van der Waals surface area contributed by atoms with Gasteiger partial charge in [0.15, 0.2) is 0 Å². The summed E-state index contributed by atoms with van der Waals surface area (Å²) in [6, 6.07) is 7.04. The first kappa shape index (κ1) is 12.8. The lowest BCUT2D eigenvalue weighted by molar-refractivity contribution is -0.384. The number of hydrogen-bond acceptors (Lipinski definition) is 5. The predicted molar refractivity (Wildman–Crippen MR) is 71.9 cm³/mol. The minimum Gasteiger partial charge on any atom is -0.497 e. The number of aryl methyl sites for hydroxylation is 1. The summed E-state index contributed by atoms with van der Waals surface area (Å²) in [5.74, 6) is 0.743. The van der Waals surface area contributed by atoms with Crippen LogP contribution in [-0.4, -0.2) is 17.0 Å². The van der Waals surface area contributed by atoms with E-state index in [1.807, 2.05) is 19.1 Å². The summed E-state index contributed by atoms with van der Waals surface area (Å²) in [5, 5.41) is 13.9. The van der Waals surface area contributed by atoms with Crippen LogP contribution in [0.25, 0.3) is 0 Å². The van der Waals surface area contributed by atoms with E-state index in [4.69, 9.17) is 4.74 Å². The second kappa shape index (κ2) is 5.34. The van der Waals surface area contributed by atoms with E-state index >= 15 is 0 Å². The molecule has 0 spiro atoms. The molecule has 2 rings (SSSR count). The van der Waals surface area contributed by atoms with Crippen molar-refractivity contribution in [3.05, 3.63) is 52.3 Å². The topological polar surface area (TPSA) is 77.3 Å². The number of methoxy groups -OCH3 is 1. The Balaban J connectivity index is 2.34. The number of hydrogen-bond donors (Lipinski definition) is 1. The van der Waals surface area contributed by atoms with E-state index in [-0.39, 0.29) is 5.69 Å². The molecule has 0 fully saturated rings. The molecule has 0 unspecified atom stereocenters. The maximum Gasteiger partial charge on any atom is 0.310 e. The minimum atomic E-state index is -0.464. The largest absolute Gasteiger partial charge is 0.497 e. The van der Waals surface area contributed by atoms with Gasteiger partial charge in [0.25, 0.3) is 0 Å². The van der Waals surface area contributed by atoms with Gasteiger partial charge in [-0.15, -0.1) is 0 Å². The Morgan fingerprint density at radius 1 is 1.32 bits per heavy atom. The van der Waals surface area contributed by atoms with Gasteiger partial charge in [-0.2, -0.15) is 0 Å². The van der Waals surface area contributed by atoms with Gasteiger partial charge in [-0.05, 0) is 36.8 Å². The summed E-state index contributed by atoms with van der Waals surface area (Å²) in [5.41, 5.74) is 2.08. The van der Waals surface area contributed by atoms with Gasteiger partial charge in [-0.25, -0.2) is 0 Å². The van der Waals surface area contributed by atoms with E-state index in [0.717, 1.165) is 17.0 Å². The molecule has 0 aliphatic rings. The van der Waals surface area contributed by atoms with E-state index in [9.17, 15) is 10.1 Å². The normalized spacial score (nSPS) is 10.0. The van der Waals surface area contributed by atoms with Crippen LogP contribution in [0.3, 0.4) is 0 Å². The van der Waals surface area contributed by atoms with Crippen molar-refractivity contribution in [3.63, 3.8) is 0 Å². The molecule has 1 N–H and O–H groups in total. The van der Waals surface area contributed by atoms with Crippen LogP contribution in [0, 0.1) is 17.0 Å². The van der Waals surface area contributed by atoms with Gasteiger partial charge in [0, 0.05) is 11.9 Å². The van der Waals surface area contributed by atoms with Crippen LogP contribution in [0.15, 0.2) is 36.7 Å². The fraction of sp³-hybridized carbons (Fsp3) is 0.154. The first-order valence-electron chi connectivity index (χ1n) is 5.62. The molecule has 0 aliphatic heterocycles. The number of pyridine rings is 1. The fourth-order valence-electron chi connectivity index (χ4n) is 1.69. The van der Waals surface area contributed by atoms with Crippen LogP contribution in [0.5, 0.6) is 5.75 Å². The lowest BCUT2D eigenvalue weighted by Gasteiger charge is -2.10. The Bertz CT molecular complexity index is 614. The third kappa shape index (κ3) is 2.79. The summed E-state index contributed by atoms with van der Waals surface area (Å²) in [6.07, 6.45) is 2.73. The number of anilines is 2. The van der Waals surface area contributed by atoms with Gasteiger partial charge in [0.1, 0.15) is 17.6 Å². The number of benzene rings is 1. The number of nitro groups is 1. The molecule has 0 saturated carbocycles. The van der Waals surface area contributed by atoms with E-state index in [1.54, 1.807) is 19.2 Å². The molecule has 6 heteroatoms. The molecule has 1 heterocycles. The lowest BCUT2D eigenvalue weighted by atomic mass is 10.2. The molecule has 2 aromatic rings. The molecule has 0 amide bonds. The van der Waals surface area contributed by atoms with Gasteiger partial charge in [0.2, 0.25) is 0 Å². The van der Waals surface area contributed by atoms with Gasteiger partial charge < -0.3 is 10.1 Å². The number of ether oxygens (including phenoxy) is 1. The molecule has 1 aromatic carbocycles. The molecular weight excluding hydrogens is 246 g/mol. The monoisotopic (exact) mass is 259 g/mol. The van der Waals surface area contributed by atoms with E-state index in [2.05, 4.69) is 10.3 Å². The summed E-state index contributed by atoms with van der Waals surface area (Å²) in [7, 11) is 1.59. The molecule has 1 aromatic heterocycles. The SMILES string of the molecule is COc1ccc(Nc2ccncc2[N+](=O)[O-])c(C)c1. The van der Waals surface area contributed by atoms with Crippen molar-refractivity contribution in [1.29, 1.82) is 0 Å². The smallest absolute Gasteiger partial charge is 0.310 e. The number of nitrogens with one attached hydrogen (secondary N) is 1. The number of rotatable bonds is 4. The van der Waals surface area contributed by atoms with Gasteiger partial charge >= 0.3 is 5.69 Å². The quantitative estimate of drug-likeness (QED) is 0.674. The van der Waals surface area contributed by atoms with Crippen molar-refractivity contribution >= 4 is 17.1 Å². The molecule has 0 aliphatic carbocycles. The third-order valence-electron chi connectivity index (χ3n) is 2.70. The Morgan fingerprint density at radius 3 is 2.74 bits per heavy atom. The van der Waals surface area contributed by atoms with Crippen molar-refractivity contribution in [1.82, 2.24) is 4.98 Å². The molecule has 98 valence electrons. The number of nitrogens with zero attached hydrogens (tertiary/aromatic N) is 2. The molecule has 0 saturated heterocycles. The zero-order valence-corrected chi connectivity index (χ0v) is 10.6. The standard InChI is InChI=1S/C13H13N3O3/c1-9-7-10(19-2)3-4-11(9)15-12-5-6-14-8-13(12)16(17)18/h3-8H,1-2H3,(H,14,15). The van der Waals surface area contributed by atoms with Crippen LogP contribution < -0.4 is 10.1 Å². The van der Waals surface area contributed by atoms with E-state index < -0.39 is 4.92 Å². The zero-order chi connectivity index (χ0) is 13.8. The maximum absolute atomic E-state index is 10.9. The average Bonchev–Trinajstić information content (AvgIpc) is 2.41. The van der Waals surface area contributed by atoms with Gasteiger partial charge in [0.05, 0.1) is 12.0 Å². The fourth-order valence-corrected chi connectivity index (χ4v) is 1.69. The molecule has 19 heavy (non-hydrogen) atoms. The molecule has 0 atom stereocenters. The first-order valence-corrected chi connectivity index (χ1v) is 5.62. The summed E-state index contributed by atoms with van der Waals surface area (Å²) in [6.45, 7) is 1.90. The van der Waals surface area contributed by atoms with Crippen molar-refractivity contribution in [2.24, 2.45) is 0 Å². The Kier molecular flexibility index (Phi) is 3.61. The van der Waals surface area contributed by atoms with Gasteiger partial charge in [-0.3, -0.25) is 15.1 Å². The molecule has 6 nitrogen and oxygen atoms in total. The van der Waals surface area contributed by atoms with Crippen molar-refractivity contribution in [2.75, 3.05) is 12.4 Å². The highest BCUT2D eigenvalue weighted by molar-refractivity contribution is 5.70. The summed E-state index contributed by atoms with van der Waals surface area (Å²) in [4.78, 5) is 14.2. The van der Waals surface area contributed by atoms with Crippen molar-refractivity contribution in [2.45, 2.75) is 6.92 Å². The highest BCUT2D eigenvalue weighted by atomic mass is 16.6. The Hall–Kier alpha value is -2.63. The maximum atomic E-state index is 10.9. The molecular formula is C13H13N3O3. The van der Waals surface area contributed by atoms with Gasteiger partial charge in [-0.1, -0.05) is 0 Å². The van der Waals surface area contributed by atoms with Crippen LogP contribution >= 0.6 is 0 Å². The molecule has 0 bridgehead atoms. The van der Waals surface area contributed by atoms with Crippen LogP contribution in [0.4, 0.5) is 17.1 Å². The Morgan fingerprint density at radius 2 is 2.11 bits per heavy atom. The highest BCUT2D eigenvalue weighted by Gasteiger charge is 2.14. The van der Waals surface area contributed by atoms with Crippen LogP contribution in [0.1, 0.15) is 5.56 Å². The lowest BCUT2D eigenvalue weighted by Crippen LogP contribution is -1.99. The zero-order valence-electron chi connectivity index (χ0n) is 10.6. The van der Waals surface area contributed by atoms with E-state index in [0.29, 0.717) is 5.69 Å². The number of aromatic nitrogens is 1. The molecule has 0 radical (unpaired) electrons. The summed E-state index contributed by atoms with van der Waals surface area (Å²) < 4.78 is 5.12. The van der Waals surface area contributed by atoms with Crippen molar-refractivity contribution in [3.8, 4) is 5.75 Å². The third-order valence-corrected chi connectivity index (χ3v) is 2.70. The van der Waals surface area contributed by atoms with Crippen LogP contribution in [0.2, 0.25) is 0 Å². The second-order valence-electron chi connectivity index (χ2n) is 3.96. The van der Waals surface area contributed by atoms with Crippen molar-refractivity contribution < 1.29 is 9.66 Å². The predicted octanol–water partition coefficient (Wildman–Crippen LogP) is 3.05.